The topological polar surface area (TPSA) is 60.2 Å². The molecule has 4 rings (SSSR count). The van der Waals surface area contributed by atoms with Gasteiger partial charge in [-0.05, 0) is 23.3 Å². The van der Waals surface area contributed by atoms with E-state index in [2.05, 4.69) is 21.7 Å². The molecule has 0 radical (unpaired) electrons. The van der Waals surface area contributed by atoms with Gasteiger partial charge in [0, 0.05) is 25.1 Å². The van der Waals surface area contributed by atoms with Crippen LogP contribution >= 0.6 is 0 Å². The van der Waals surface area contributed by atoms with Gasteiger partial charge in [0.25, 0.3) is 5.91 Å². The number of rotatable bonds is 2. The van der Waals surface area contributed by atoms with Gasteiger partial charge >= 0.3 is 0 Å². The number of aromatic nitrogens is 3. The Kier molecular flexibility index (Phi) is 3.18. The summed E-state index contributed by atoms with van der Waals surface area (Å²) in [5.41, 5.74) is 3.04. The minimum absolute atomic E-state index is 0.0574. The molecule has 3 heterocycles. The largest absolute Gasteiger partial charge is 0.372 e. The molecule has 0 bridgehead atoms. The lowest BCUT2D eigenvalue weighted by atomic mass is 10.1. The van der Waals surface area contributed by atoms with Gasteiger partial charge < -0.3 is 14.2 Å². The Morgan fingerprint density at radius 3 is 2.95 bits per heavy atom. The van der Waals surface area contributed by atoms with Gasteiger partial charge in [-0.15, -0.1) is 10.2 Å². The van der Waals surface area contributed by atoms with Crippen LogP contribution in [0, 0.1) is 0 Å². The zero-order valence-corrected chi connectivity index (χ0v) is 12.6. The number of fused-ring (bicyclic) bond motifs is 2. The van der Waals surface area contributed by atoms with E-state index < -0.39 is 0 Å². The number of aryl methyl sites for hydroxylation is 1. The van der Waals surface area contributed by atoms with Crippen molar-refractivity contribution < 1.29 is 9.53 Å². The molecule has 1 aromatic carbocycles. The molecule has 2 aromatic rings. The zero-order valence-electron chi connectivity index (χ0n) is 12.6. The Morgan fingerprint density at radius 1 is 1.23 bits per heavy atom. The van der Waals surface area contributed by atoms with Crippen LogP contribution in [-0.4, -0.2) is 32.1 Å². The van der Waals surface area contributed by atoms with Crippen LogP contribution in [0.5, 0.6) is 0 Å². The molecule has 114 valence electrons. The third-order valence-electron chi connectivity index (χ3n) is 4.40. The van der Waals surface area contributed by atoms with Crippen molar-refractivity contribution >= 4 is 5.91 Å². The maximum atomic E-state index is 12.7. The van der Waals surface area contributed by atoms with Gasteiger partial charge in [-0.25, -0.2) is 0 Å². The van der Waals surface area contributed by atoms with E-state index in [1.165, 1.54) is 5.56 Å². The Hall–Kier alpha value is -2.21. The highest BCUT2D eigenvalue weighted by atomic mass is 16.5. The molecular formula is C16H18N4O2. The number of carbonyl (C=O) groups is 1. The summed E-state index contributed by atoms with van der Waals surface area (Å²) in [6, 6.07) is 5.85. The van der Waals surface area contributed by atoms with Crippen molar-refractivity contribution in [2.24, 2.45) is 0 Å². The van der Waals surface area contributed by atoms with Crippen LogP contribution in [-0.2, 0) is 37.5 Å². The fourth-order valence-electron chi connectivity index (χ4n) is 3.14. The molecule has 22 heavy (non-hydrogen) atoms. The summed E-state index contributed by atoms with van der Waals surface area (Å²) in [7, 11) is 0. The van der Waals surface area contributed by atoms with Crippen molar-refractivity contribution in [3.8, 4) is 0 Å². The number of amides is 1. The van der Waals surface area contributed by atoms with Crippen LogP contribution in [0.2, 0.25) is 0 Å². The molecular weight excluding hydrogens is 280 g/mol. The van der Waals surface area contributed by atoms with Crippen molar-refractivity contribution in [3.05, 3.63) is 46.5 Å². The first-order chi connectivity index (χ1) is 10.8. The van der Waals surface area contributed by atoms with Crippen molar-refractivity contribution in [1.29, 1.82) is 0 Å². The molecule has 0 saturated carbocycles. The first kappa shape index (κ1) is 13.5. The number of benzene rings is 1. The first-order valence-electron chi connectivity index (χ1n) is 7.66. The van der Waals surface area contributed by atoms with E-state index in [9.17, 15) is 4.79 Å². The fourth-order valence-corrected chi connectivity index (χ4v) is 3.14. The highest BCUT2D eigenvalue weighted by Gasteiger charge is 2.25. The second-order valence-electron chi connectivity index (χ2n) is 5.74. The van der Waals surface area contributed by atoms with Crippen LogP contribution < -0.4 is 0 Å². The van der Waals surface area contributed by atoms with Crippen molar-refractivity contribution in [2.45, 2.75) is 39.6 Å². The average Bonchev–Trinajstić information content (AvgIpc) is 3.18. The van der Waals surface area contributed by atoms with Crippen LogP contribution in [0.25, 0.3) is 0 Å². The van der Waals surface area contributed by atoms with Crippen molar-refractivity contribution in [3.63, 3.8) is 0 Å². The van der Waals surface area contributed by atoms with E-state index >= 15 is 0 Å². The summed E-state index contributed by atoms with van der Waals surface area (Å²) in [6.07, 6.45) is 0.867. The molecule has 0 aliphatic carbocycles. The summed E-state index contributed by atoms with van der Waals surface area (Å²) in [5.74, 6) is 1.93. The highest BCUT2D eigenvalue weighted by molar-refractivity contribution is 5.94. The van der Waals surface area contributed by atoms with Gasteiger partial charge in [-0.3, -0.25) is 4.79 Å². The van der Waals surface area contributed by atoms with Gasteiger partial charge in [-0.1, -0.05) is 13.0 Å². The molecule has 6 heteroatoms. The molecule has 6 nitrogen and oxygen atoms in total. The summed E-state index contributed by atoms with van der Waals surface area (Å²) in [4.78, 5) is 14.6. The van der Waals surface area contributed by atoms with Crippen molar-refractivity contribution in [2.75, 3.05) is 6.54 Å². The predicted molar refractivity (Wildman–Crippen MR) is 79.1 cm³/mol. The predicted octanol–water partition coefficient (Wildman–Crippen LogP) is 1.53. The van der Waals surface area contributed by atoms with E-state index in [0.29, 0.717) is 26.3 Å². The van der Waals surface area contributed by atoms with Gasteiger partial charge in [0.15, 0.2) is 5.82 Å². The number of nitrogens with zero attached hydrogens (tertiary/aromatic N) is 4. The first-order valence-corrected chi connectivity index (χ1v) is 7.66. The summed E-state index contributed by atoms with van der Waals surface area (Å²) < 4.78 is 7.54. The molecule has 2 aliphatic rings. The zero-order chi connectivity index (χ0) is 15.1. The Bertz CT molecular complexity index is 738. The number of hydrogen-bond donors (Lipinski definition) is 0. The van der Waals surface area contributed by atoms with Crippen LogP contribution in [0.1, 0.15) is 40.1 Å². The van der Waals surface area contributed by atoms with E-state index in [1.54, 1.807) is 0 Å². The van der Waals surface area contributed by atoms with E-state index in [0.717, 1.165) is 35.7 Å². The molecule has 0 fully saturated rings. The smallest absolute Gasteiger partial charge is 0.254 e. The Morgan fingerprint density at radius 2 is 2.09 bits per heavy atom. The fraction of sp³-hybridized carbons (Fsp3) is 0.438. The van der Waals surface area contributed by atoms with E-state index in [1.807, 2.05) is 23.1 Å². The van der Waals surface area contributed by atoms with Gasteiger partial charge in [0.1, 0.15) is 5.82 Å². The molecule has 0 spiro atoms. The lowest BCUT2D eigenvalue weighted by Gasteiger charge is -2.28. The molecule has 0 unspecified atom stereocenters. The number of ether oxygens (including phenoxy) is 1. The minimum atomic E-state index is 0.0574. The third kappa shape index (κ3) is 2.11. The monoisotopic (exact) mass is 298 g/mol. The molecule has 0 saturated heterocycles. The molecule has 2 aliphatic heterocycles. The summed E-state index contributed by atoms with van der Waals surface area (Å²) >= 11 is 0. The molecule has 1 amide bonds. The highest BCUT2D eigenvalue weighted by Crippen LogP contribution is 2.22. The van der Waals surface area contributed by atoms with Gasteiger partial charge in [0.05, 0.1) is 19.8 Å². The lowest BCUT2D eigenvalue weighted by Crippen LogP contribution is -2.38. The number of hydrogen-bond acceptors (Lipinski definition) is 4. The molecule has 1 aromatic heterocycles. The summed E-state index contributed by atoms with van der Waals surface area (Å²) in [5, 5.41) is 8.40. The van der Waals surface area contributed by atoms with E-state index in [-0.39, 0.29) is 5.91 Å². The number of carbonyl (C=O) groups excluding carboxylic acids is 1. The van der Waals surface area contributed by atoms with Crippen LogP contribution in [0.15, 0.2) is 18.2 Å². The minimum Gasteiger partial charge on any atom is -0.372 e. The average molecular weight is 298 g/mol. The lowest BCUT2D eigenvalue weighted by molar-refractivity contribution is 0.0706. The standard InChI is InChI=1S/C16H18N4O2/c1-2-14-17-18-15-8-19(5-6-20(14)15)16(21)11-3-4-12-9-22-10-13(12)7-11/h3-4,7H,2,5-6,8-10H2,1H3. The maximum Gasteiger partial charge on any atom is 0.254 e. The normalized spacial score (nSPS) is 16.5. The Labute approximate surface area is 128 Å². The second kappa shape index (κ2) is 5.21. The van der Waals surface area contributed by atoms with Crippen LogP contribution in [0.3, 0.4) is 0 Å². The second-order valence-corrected chi connectivity index (χ2v) is 5.74. The molecule has 0 atom stereocenters. The van der Waals surface area contributed by atoms with Crippen molar-refractivity contribution in [1.82, 2.24) is 19.7 Å². The third-order valence-corrected chi connectivity index (χ3v) is 4.40. The molecule has 0 N–H and O–H groups in total. The summed E-state index contributed by atoms with van der Waals surface area (Å²) in [6.45, 7) is 5.32. The Balaban J connectivity index is 1.56. The van der Waals surface area contributed by atoms with E-state index in [4.69, 9.17) is 4.74 Å². The van der Waals surface area contributed by atoms with Gasteiger partial charge in [-0.2, -0.15) is 0 Å². The quantitative estimate of drug-likeness (QED) is 0.843. The van der Waals surface area contributed by atoms with Gasteiger partial charge in [0.2, 0.25) is 0 Å². The van der Waals surface area contributed by atoms with Crippen LogP contribution in [0.4, 0.5) is 0 Å². The SMILES string of the molecule is CCc1nnc2n1CCN(C(=O)c1ccc3c(c1)COC3)C2. The maximum absolute atomic E-state index is 12.7.